The number of rotatable bonds is 5. The van der Waals surface area contributed by atoms with Crippen LogP contribution < -0.4 is 14.9 Å². The SMILES string of the molecule is CNC(=O)c1c(-c2ccc(F)cc2)oc2cc(N(C)SC)c(-c3ccc4c(n3)-c3cc5c(F)cccc5n3C3(CCC3)N4)cc12. The summed E-state index contributed by atoms with van der Waals surface area (Å²) in [6.07, 6.45) is 4.95. The van der Waals surface area contributed by atoms with Crippen LogP contribution in [-0.4, -0.2) is 35.8 Å². The maximum Gasteiger partial charge on any atom is 0.255 e. The molecule has 0 atom stereocenters. The first-order chi connectivity index (χ1) is 21.8. The Hall–Kier alpha value is -4.83. The Labute approximate surface area is 262 Å². The van der Waals surface area contributed by atoms with Gasteiger partial charge in [0.25, 0.3) is 5.91 Å². The fourth-order valence-electron chi connectivity index (χ4n) is 6.75. The summed E-state index contributed by atoms with van der Waals surface area (Å²) in [5, 5.41) is 7.67. The van der Waals surface area contributed by atoms with Gasteiger partial charge < -0.3 is 23.9 Å². The number of hydrogen-bond acceptors (Lipinski definition) is 6. The maximum absolute atomic E-state index is 15.1. The first-order valence-corrected chi connectivity index (χ1v) is 16.0. The molecule has 1 aliphatic heterocycles. The molecule has 0 saturated heterocycles. The van der Waals surface area contributed by atoms with Crippen LogP contribution in [0.2, 0.25) is 0 Å². The number of halogens is 2. The highest BCUT2D eigenvalue weighted by molar-refractivity contribution is 7.99. The number of pyridine rings is 1. The monoisotopic (exact) mass is 621 g/mol. The van der Waals surface area contributed by atoms with Gasteiger partial charge in [0.15, 0.2) is 0 Å². The van der Waals surface area contributed by atoms with Gasteiger partial charge in [-0.1, -0.05) is 18.0 Å². The van der Waals surface area contributed by atoms with Crippen LogP contribution >= 0.6 is 11.9 Å². The van der Waals surface area contributed by atoms with Crippen molar-refractivity contribution in [3.8, 4) is 34.0 Å². The number of benzene rings is 3. The van der Waals surface area contributed by atoms with Gasteiger partial charge >= 0.3 is 0 Å². The van der Waals surface area contributed by atoms with E-state index in [0.717, 1.165) is 53.1 Å². The van der Waals surface area contributed by atoms with E-state index in [4.69, 9.17) is 9.40 Å². The van der Waals surface area contributed by atoms with Crippen LogP contribution in [0, 0.1) is 11.6 Å². The summed E-state index contributed by atoms with van der Waals surface area (Å²) in [5.41, 5.74) is 6.88. The minimum atomic E-state index is -0.375. The molecule has 226 valence electrons. The molecule has 45 heavy (non-hydrogen) atoms. The molecule has 1 fully saturated rings. The van der Waals surface area contributed by atoms with Crippen molar-refractivity contribution in [3.05, 3.63) is 90.0 Å². The van der Waals surface area contributed by atoms with Gasteiger partial charge in [0.1, 0.15) is 34.3 Å². The molecule has 2 N–H and O–H groups in total. The number of anilines is 2. The molecule has 3 aromatic carbocycles. The molecule has 2 aliphatic rings. The van der Waals surface area contributed by atoms with Crippen molar-refractivity contribution in [2.45, 2.75) is 24.9 Å². The summed E-state index contributed by atoms with van der Waals surface area (Å²) < 4.78 is 39.4. The summed E-state index contributed by atoms with van der Waals surface area (Å²) in [6, 6.07) is 20.9. The van der Waals surface area contributed by atoms with Gasteiger partial charge in [-0.25, -0.2) is 13.8 Å². The molecule has 7 nitrogen and oxygen atoms in total. The van der Waals surface area contributed by atoms with E-state index < -0.39 is 0 Å². The van der Waals surface area contributed by atoms with Gasteiger partial charge in [0.2, 0.25) is 0 Å². The van der Waals surface area contributed by atoms with Crippen molar-refractivity contribution in [2.24, 2.45) is 0 Å². The first kappa shape index (κ1) is 27.7. The number of fused-ring (bicyclic) bond motifs is 7. The van der Waals surface area contributed by atoms with E-state index in [2.05, 4.69) is 15.2 Å². The van der Waals surface area contributed by atoms with E-state index in [1.807, 2.05) is 54.0 Å². The Balaban J connectivity index is 1.36. The fraction of sp³-hybridized carbons (Fsp3) is 0.200. The number of nitrogens with one attached hydrogen (secondary N) is 2. The fourth-order valence-corrected chi connectivity index (χ4v) is 7.10. The Kier molecular flexibility index (Phi) is 6.22. The molecule has 0 unspecified atom stereocenters. The van der Waals surface area contributed by atoms with Crippen LogP contribution in [0.25, 0.3) is 55.8 Å². The third-order valence-corrected chi connectivity index (χ3v) is 9.91. The second kappa shape index (κ2) is 10.1. The van der Waals surface area contributed by atoms with Crippen LogP contribution in [0.1, 0.15) is 29.6 Å². The molecule has 1 spiro atoms. The zero-order valence-corrected chi connectivity index (χ0v) is 25.7. The molecule has 0 bridgehead atoms. The normalized spacial score (nSPS) is 14.6. The lowest BCUT2D eigenvalue weighted by Gasteiger charge is -2.48. The lowest BCUT2D eigenvalue weighted by atomic mass is 9.82. The number of carbonyl (C=O) groups excluding carboxylic acids is 1. The van der Waals surface area contributed by atoms with Gasteiger partial charge in [-0.2, -0.15) is 0 Å². The molecule has 6 aromatic rings. The van der Waals surface area contributed by atoms with E-state index in [1.54, 1.807) is 25.2 Å². The van der Waals surface area contributed by atoms with Crippen LogP contribution in [0.3, 0.4) is 0 Å². The van der Waals surface area contributed by atoms with Gasteiger partial charge in [0, 0.05) is 48.3 Å². The molecule has 8 rings (SSSR count). The third kappa shape index (κ3) is 4.08. The molecule has 3 aromatic heterocycles. The Morgan fingerprint density at radius 3 is 2.58 bits per heavy atom. The maximum atomic E-state index is 15.1. The van der Waals surface area contributed by atoms with E-state index in [0.29, 0.717) is 38.9 Å². The number of furan rings is 1. The number of hydrogen-bond donors (Lipinski definition) is 2. The largest absolute Gasteiger partial charge is 0.455 e. The van der Waals surface area contributed by atoms with Crippen LogP contribution in [0.5, 0.6) is 0 Å². The van der Waals surface area contributed by atoms with E-state index >= 15 is 4.39 Å². The highest BCUT2D eigenvalue weighted by atomic mass is 32.2. The molecular formula is C35H29F2N5O2S. The molecule has 0 radical (unpaired) electrons. The highest BCUT2D eigenvalue weighted by Crippen LogP contribution is 2.51. The molecule has 4 heterocycles. The van der Waals surface area contributed by atoms with Gasteiger partial charge in [-0.05, 0) is 79.9 Å². The predicted octanol–water partition coefficient (Wildman–Crippen LogP) is 8.40. The van der Waals surface area contributed by atoms with Crippen LogP contribution in [0.4, 0.5) is 20.2 Å². The minimum Gasteiger partial charge on any atom is -0.455 e. The summed E-state index contributed by atoms with van der Waals surface area (Å²) in [6.45, 7) is 0. The first-order valence-electron chi connectivity index (χ1n) is 14.8. The predicted molar refractivity (Wildman–Crippen MR) is 176 cm³/mol. The quantitative estimate of drug-likeness (QED) is 0.188. The molecule has 1 saturated carbocycles. The second-order valence-electron chi connectivity index (χ2n) is 11.6. The summed E-state index contributed by atoms with van der Waals surface area (Å²) in [5.74, 6) is -0.584. The summed E-state index contributed by atoms with van der Waals surface area (Å²) >= 11 is 1.53. The van der Waals surface area contributed by atoms with Crippen molar-refractivity contribution in [1.29, 1.82) is 0 Å². The summed E-state index contributed by atoms with van der Waals surface area (Å²) in [7, 11) is 3.53. The lowest BCUT2D eigenvalue weighted by molar-refractivity contribution is 0.0964. The average Bonchev–Trinajstić information content (AvgIpc) is 3.62. The highest BCUT2D eigenvalue weighted by Gasteiger charge is 2.45. The molecular weight excluding hydrogens is 592 g/mol. The number of amides is 1. The van der Waals surface area contributed by atoms with Gasteiger partial charge in [-0.3, -0.25) is 4.79 Å². The second-order valence-corrected chi connectivity index (χ2v) is 12.5. The van der Waals surface area contributed by atoms with E-state index in [-0.39, 0.29) is 23.2 Å². The molecule has 1 amide bonds. The Morgan fingerprint density at radius 2 is 1.87 bits per heavy atom. The Morgan fingerprint density at radius 1 is 1.07 bits per heavy atom. The number of carbonyl (C=O) groups is 1. The van der Waals surface area contributed by atoms with Crippen molar-refractivity contribution in [1.82, 2.24) is 14.9 Å². The van der Waals surface area contributed by atoms with E-state index in [9.17, 15) is 9.18 Å². The van der Waals surface area contributed by atoms with Crippen molar-refractivity contribution >= 4 is 51.1 Å². The lowest BCUT2D eigenvalue weighted by Crippen LogP contribution is -2.49. The zero-order chi connectivity index (χ0) is 31.0. The van der Waals surface area contributed by atoms with E-state index in [1.165, 1.54) is 30.1 Å². The molecule has 1 aliphatic carbocycles. The van der Waals surface area contributed by atoms with Crippen molar-refractivity contribution < 1.29 is 18.0 Å². The van der Waals surface area contributed by atoms with Crippen LogP contribution in [-0.2, 0) is 5.66 Å². The smallest absolute Gasteiger partial charge is 0.255 e. The van der Waals surface area contributed by atoms with Gasteiger partial charge in [0.05, 0.1) is 33.8 Å². The van der Waals surface area contributed by atoms with Crippen molar-refractivity contribution in [3.63, 3.8) is 0 Å². The molecule has 10 heteroatoms. The standard InChI is InChI=1S/C35H29F2N5O2S/c1-38-34(43)31-23-16-22(28(41(2)45-3)18-30(23)44-33(31)19-8-10-20(36)11-9-19)25-12-13-26-32(39-25)29-17-21-24(37)6-4-7-27(21)42(29)35(40-26)14-5-15-35/h4,6-13,16-18,40H,5,14-15H2,1-3H3,(H,38,43). The van der Waals surface area contributed by atoms with Gasteiger partial charge in [-0.15, -0.1) is 0 Å². The summed E-state index contributed by atoms with van der Waals surface area (Å²) in [4.78, 5) is 18.5. The van der Waals surface area contributed by atoms with Crippen LogP contribution in [0.15, 0.2) is 77.2 Å². The van der Waals surface area contributed by atoms with Crippen molar-refractivity contribution in [2.75, 3.05) is 30.0 Å². The zero-order valence-electron chi connectivity index (χ0n) is 24.9. The third-order valence-electron chi connectivity index (χ3n) is 9.16. The minimum absolute atomic E-state index is 0.255. The number of aromatic nitrogens is 2. The number of nitrogens with zero attached hydrogens (tertiary/aromatic N) is 3. The topological polar surface area (TPSA) is 75.3 Å². The Bertz CT molecular complexity index is 2170. The average molecular weight is 622 g/mol.